The Kier molecular flexibility index (Phi) is 4.36. The lowest BCUT2D eigenvalue weighted by Crippen LogP contribution is -2.49. The van der Waals surface area contributed by atoms with Gasteiger partial charge in [0.15, 0.2) is 5.76 Å². The predicted molar refractivity (Wildman–Crippen MR) is 94.4 cm³/mol. The third kappa shape index (κ3) is 3.10. The van der Waals surface area contributed by atoms with Crippen LogP contribution in [0.1, 0.15) is 46.2 Å². The van der Waals surface area contributed by atoms with E-state index in [1.807, 2.05) is 25.1 Å². The summed E-state index contributed by atoms with van der Waals surface area (Å²) in [6.07, 6.45) is 3.83. The first kappa shape index (κ1) is 16.4. The normalized spacial score (nSPS) is 24.2. The van der Waals surface area contributed by atoms with Gasteiger partial charge in [-0.05, 0) is 43.4 Å². The van der Waals surface area contributed by atoms with E-state index in [1.165, 1.54) is 5.56 Å². The number of nitrogens with zero attached hydrogens (tertiary/aromatic N) is 1. The molecule has 132 valence electrons. The average Bonchev–Trinajstić information content (AvgIpc) is 3.20. The molecule has 1 amide bonds. The molecule has 5 nitrogen and oxygen atoms in total. The van der Waals surface area contributed by atoms with Gasteiger partial charge in [0.2, 0.25) is 0 Å². The van der Waals surface area contributed by atoms with Crippen molar-refractivity contribution in [2.75, 3.05) is 13.1 Å². The molecule has 4 rings (SSSR count). The van der Waals surface area contributed by atoms with Crippen LogP contribution in [0.2, 0.25) is 0 Å². The number of aliphatic hydroxyl groups excluding tert-OH is 1. The van der Waals surface area contributed by atoms with Gasteiger partial charge < -0.3 is 14.8 Å². The Bertz CT molecular complexity index is 762. The first-order valence-corrected chi connectivity index (χ1v) is 8.98. The van der Waals surface area contributed by atoms with Crippen molar-refractivity contribution in [2.24, 2.45) is 0 Å². The summed E-state index contributed by atoms with van der Waals surface area (Å²) in [7, 11) is 0. The van der Waals surface area contributed by atoms with Crippen LogP contribution in [0, 0.1) is 6.92 Å². The number of hydrogen-bond donors (Lipinski definition) is 2. The van der Waals surface area contributed by atoms with Crippen molar-refractivity contribution >= 4 is 5.91 Å². The Morgan fingerprint density at radius 3 is 2.68 bits per heavy atom. The summed E-state index contributed by atoms with van der Waals surface area (Å²) >= 11 is 0. The number of furan rings is 1. The van der Waals surface area contributed by atoms with Crippen molar-refractivity contribution in [1.29, 1.82) is 0 Å². The minimum absolute atomic E-state index is 0.130. The molecule has 5 heteroatoms. The molecule has 0 unspecified atom stereocenters. The predicted octanol–water partition coefficient (Wildman–Crippen LogP) is 2.44. The van der Waals surface area contributed by atoms with E-state index in [9.17, 15) is 9.90 Å². The van der Waals surface area contributed by atoms with Gasteiger partial charge >= 0.3 is 0 Å². The molecule has 0 saturated carbocycles. The number of hydrogen-bond acceptors (Lipinski definition) is 4. The molecular formula is C20H24N2O3. The number of carbonyl (C=O) groups excluding carboxylic acids is 1. The van der Waals surface area contributed by atoms with Crippen LogP contribution >= 0.6 is 0 Å². The largest absolute Gasteiger partial charge is 0.459 e. The minimum Gasteiger partial charge on any atom is -0.459 e. The topological polar surface area (TPSA) is 65.7 Å². The van der Waals surface area contributed by atoms with Crippen LogP contribution in [0.15, 0.2) is 41.0 Å². The molecule has 0 spiro atoms. The molecule has 0 radical (unpaired) electrons. The molecule has 1 aliphatic heterocycles. The van der Waals surface area contributed by atoms with Crippen molar-refractivity contribution in [1.82, 2.24) is 10.2 Å². The van der Waals surface area contributed by atoms with Crippen LogP contribution in [0.25, 0.3) is 0 Å². The van der Waals surface area contributed by atoms with Crippen molar-refractivity contribution in [3.05, 3.63) is 59.0 Å². The third-order valence-electron chi connectivity index (χ3n) is 5.57. The van der Waals surface area contributed by atoms with E-state index in [-0.39, 0.29) is 18.0 Å². The fourth-order valence-corrected chi connectivity index (χ4v) is 4.11. The number of fused-ring (bicyclic) bond motifs is 1. The van der Waals surface area contributed by atoms with Gasteiger partial charge in [0.25, 0.3) is 5.91 Å². The molecule has 25 heavy (non-hydrogen) atoms. The number of aryl methyl sites for hydroxylation is 1. The van der Waals surface area contributed by atoms with Gasteiger partial charge in [0, 0.05) is 30.7 Å². The van der Waals surface area contributed by atoms with Crippen molar-refractivity contribution in [3.8, 4) is 0 Å². The molecule has 1 fully saturated rings. The van der Waals surface area contributed by atoms with Gasteiger partial charge in [-0.2, -0.15) is 0 Å². The van der Waals surface area contributed by atoms with Gasteiger partial charge in [-0.1, -0.05) is 24.3 Å². The monoisotopic (exact) mass is 340 g/mol. The number of carbonyl (C=O) groups is 1. The van der Waals surface area contributed by atoms with Gasteiger partial charge in [0.05, 0.1) is 12.4 Å². The number of nitrogens with one attached hydrogen (secondary N) is 1. The van der Waals surface area contributed by atoms with E-state index in [4.69, 9.17) is 4.42 Å². The van der Waals surface area contributed by atoms with E-state index >= 15 is 0 Å². The van der Waals surface area contributed by atoms with Crippen LogP contribution in [0.3, 0.4) is 0 Å². The lowest BCUT2D eigenvalue weighted by Gasteiger charge is -2.37. The van der Waals surface area contributed by atoms with Crippen LogP contribution in [0.4, 0.5) is 0 Å². The average molecular weight is 340 g/mol. The highest BCUT2D eigenvalue weighted by Gasteiger charge is 2.36. The highest BCUT2D eigenvalue weighted by atomic mass is 16.3. The van der Waals surface area contributed by atoms with E-state index in [1.54, 1.807) is 12.3 Å². The van der Waals surface area contributed by atoms with Crippen LogP contribution < -0.4 is 5.32 Å². The molecule has 2 aliphatic rings. The maximum Gasteiger partial charge on any atom is 0.287 e. The number of rotatable bonds is 3. The molecule has 2 N–H and O–H groups in total. The highest BCUT2D eigenvalue weighted by Crippen LogP contribution is 2.35. The number of likely N-dealkylation sites (tertiary alicyclic amines) is 1. The summed E-state index contributed by atoms with van der Waals surface area (Å²) in [6.45, 7) is 3.65. The van der Waals surface area contributed by atoms with Gasteiger partial charge in [0.1, 0.15) is 0 Å². The number of aliphatic hydroxyl groups is 1. The van der Waals surface area contributed by atoms with E-state index in [0.29, 0.717) is 5.76 Å². The Hall–Kier alpha value is -2.11. The standard InChI is InChI=1S/C20H24N2O3/c1-13-8-11-25-19(13)20(24)21-15-6-9-22(10-7-15)17-12-14-4-2-3-5-16(14)18(17)23/h2-5,8,11,15,17-18,23H,6-7,9-10,12H2,1H3,(H,21,24)/t17-,18+/m0/s1. The molecule has 1 aliphatic carbocycles. The molecule has 2 heterocycles. The summed E-state index contributed by atoms with van der Waals surface area (Å²) in [6, 6.07) is 10.3. The minimum atomic E-state index is -0.409. The summed E-state index contributed by atoms with van der Waals surface area (Å²) in [5, 5.41) is 13.7. The lowest BCUT2D eigenvalue weighted by atomic mass is 10.0. The second-order valence-electron chi connectivity index (χ2n) is 7.13. The summed E-state index contributed by atoms with van der Waals surface area (Å²) in [5.41, 5.74) is 3.18. The lowest BCUT2D eigenvalue weighted by molar-refractivity contribution is 0.0425. The Morgan fingerprint density at radius 2 is 2.00 bits per heavy atom. The van der Waals surface area contributed by atoms with E-state index in [0.717, 1.165) is 43.5 Å². The summed E-state index contributed by atoms with van der Waals surface area (Å²) in [5.74, 6) is 0.276. The fourth-order valence-electron chi connectivity index (χ4n) is 4.11. The van der Waals surface area contributed by atoms with Crippen molar-refractivity contribution in [3.63, 3.8) is 0 Å². The number of benzene rings is 1. The van der Waals surface area contributed by atoms with Gasteiger partial charge in [-0.15, -0.1) is 0 Å². The van der Waals surface area contributed by atoms with Crippen molar-refractivity contribution in [2.45, 2.75) is 44.4 Å². The second-order valence-corrected chi connectivity index (χ2v) is 7.13. The molecule has 1 aromatic carbocycles. The van der Waals surface area contributed by atoms with Gasteiger partial charge in [-0.3, -0.25) is 9.69 Å². The third-order valence-corrected chi connectivity index (χ3v) is 5.57. The van der Waals surface area contributed by atoms with Crippen LogP contribution in [0.5, 0.6) is 0 Å². The highest BCUT2D eigenvalue weighted by molar-refractivity contribution is 5.92. The molecular weight excluding hydrogens is 316 g/mol. The summed E-state index contributed by atoms with van der Waals surface area (Å²) in [4.78, 5) is 14.6. The zero-order valence-corrected chi connectivity index (χ0v) is 14.4. The zero-order valence-electron chi connectivity index (χ0n) is 14.4. The van der Waals surface area contributed by atoms with E-state index in [2.05, 4.69) is 16.3 Å². The molecule has 2 atom stereocenters. The maximum absolute atomic E-state index is 12.3. The summed E-state index contributed by atoms with van der Waals surface area (Å²) < 4.78 is 5.26. The Balaban J connectivity index is 1.33. The van der Waals surface area contributed by atoms with Crippen LogP contribution in [-0.4, -0.2) is 41.1 Å². The Morgan fingerprint density at radius 1 is 1.24 bits per heavy atom. The smallest absolute Gasteiger partial charge is 0.287 e. The quantitative estimate of drug-likeness (QED) is 0.901. The first-order valence-electron chi connectivity index (χ1n) is 8.98. The number of piperidine rings is 1. The fraction of sp³-hybridized carbons (Fsp3) is 0.450. The molecule has 0 bridgehead atoms. The molecule has 1 saturated heterocycles. The van der Waals surface area contributed by atoms with Crippen molar-refractivity contribution < 1.29 is 14.3 Å². The van der Waals surface area contributed by atoms with Gasteiger partial charge in [-0.25, -0.2) is 0 Å². The SMILES string of the molecule is Cc1ccoc1C(=O)NC1CCN([C@H]2Cc3ccccc3[C@H]2O)CC1. The Labute approximate surface area is 147 Å². The maximum atomic E-state index is 12.3. The van der Waals surface area contributed by atoms with Crippen LogP contribution in [-0.2, 0) is 6.42 Å². The zero-order chi connectivity index (χ0) is 17.4. The second kappa shape index (κ2) is 6.65. The molecule has 1 aromatic heterocycles. The molecule has 2 aromatic rings. The first-order chi connectivity index (χ1) is 12.1. The number of amides is 1. The van der Waals surface area contributed by atoms with E-state index < -0.39 is 6.10 Å².